The number of pyridine rings is 1. The number of ketones is 1. The highest BCUT2D eigenvalue weighted by molar-refractivity contribution is 7.92. The van der Waals surface area contributed by atoms with Gasteiger partial charge in [-0.3, -0.25) is 13.5 Å². The van der Waals surface area contributed by atoms with Crippen LogP contribution in [-0.4, -0.2) is 53.7 Å². The number of benzene rings is 1. The third-order valence-electron chi connectivity index (χ3n) is 4.82. The summed E-state index contributed by atoms with van der Waals surface area (Å²) >= 11 is 0. The minimum absolute atomic E-state index is 0.0179. The highest BCUT2D eigenvalue weighted by Gasteiger charge is 2.28. The lowest BCUT2D eigenvalue weighted by Gasteiger charge is -2.18. The fourth-order valence-electron chi connectivity index (χ4n) is 3.24. The van der Waals surface area contributed by atoms with Crippen molar-refractivity contribution >= 4 is 33.1 Å². The van der Waals surface area contributed by atoms with Gasteiger partial charge in [-0.1, -0.05) is 0 Å². The van der Waals surface area contributed by atoms with E-state index in [1.807, 2.05) is 0 Å². The molecule has 0 saturated heterocycles. The monoisotopic (exact) mass is 414 g/mol. The molecule has 0 radical (unpaired) electrons. The van der Waals surface area contributed by atoms with Crippen LogP contribution >= 0.6 is 0 Å². The molecule has 0 atom stereocenters. The van der Waals surface area contributed by atoms with E-state index in [4.69, 9.17) is 4.74 Å². The summed E-state index contributed by atoms with van der Waals surface area (Å²) in [7, 11) is -3.34. The Kier molecular flexibility index (Phi) is 4.79. The van der Waals surface area contributed by atoms with Gasteiger partial charge in [-0.2, -0.15) is 0 Å². The van der Waals surface area contributed by atoms with Crippen molar-refractivity contribution in [3.05, 3.63) is 59.5 Å². The standard InChI is InChI=1S/C19H18N4O5S/c1-2-29(26,27)23-8-7-13-9-14(3-5-16(13)23)17(24)11-28-19(25)15-4-6-18-21-20-12-22(18)10-15/h3-6,9-10,12H,2,7-8,11H2,1H3. The second-order valence-electron chi connectivity index (χ2n) is 6.58. The molecule has 4 rings (SSSR count). The van der Waals surface area contributed by atoms with Gasteiger partial charge in [0.2, 0.25) is 10.0 Å². The van der Waals surface area contributed by atoms with Gasteiger partial charge in [-0.05, 0) is 49.2 Å². The lowest BCUT2D eigenvalue weighted by atomic mass is 10.1. The third-order valence-corrected chi connectivity index (χ3v) is 6.60. The van der Waals surface area contributed by atoms with E-state index >= 15 is 0 Å². The number of fused-ring (bicyclic) bond motifs is 2. The van der Waals surface area contributed by atoms with Gasteiger partial charge < -0.3 is 4.74 Å². The lowest BCUT2D eigenvalue weighted by Crippen LogP contribution is -2.30. The van der Waals surface area contributed by atoms with Crippen molar-refractivity contribution in [1.82, 2.24) is 14.6 Å². The Balaban J connectivity index is 1.44. The molecule has 2 aromatic heterocycles. The number of esters is 1. The molecule has 10 heteroatoms. The van der Waals surface area contributed by atoms with Crippen molar-refractivity contribution < 1.29 is 22.7 Å². The van der Waals surface area contributed by atoms with E-state index in [2.05, 4.69) is 10.2 Å². The average Bonchev–Trinajstić information content (AvgIpc) is 3.37. The summed E-state index contributed by atoms with van der Waals surface area (Å²) in [6.45, 7) is 1.55. The predicted molar refractivity (Wildman–Crippen MR) is 105 cm³/mol. The molecule has 0 aliphatic carbocycles. The Morgan fingerprint density at radius 2 is 1.97 bits per heavy atom. The maximum atomic E-state index is 12.5. The quantitative estimate of drug-likeness (QED) is 0.444. The van der Waals surface area contributed by atoms with Crippen molar-refractivity contribution in [2.45, 2.75) is 13.3 Å². The first kappa shape index (κ1) is 19.1. The summed E-state index contributed by atoms with van der Waals surface area (Å²) in [5.74, 6) is -0.970. The molecule has 1 aromatic carbocycles. The van der Waals surface area contributed by atoms with Gasteiger partial charge in [0.25, 0.3) is 0 Å². The second kappa shape index (κ2) is 7.28. The number of carbonyl (C=O) groups is 2. The van der Waals surface area contributed by atoms with Crippen LogP contribution in [0.5, 0.6) is 0 Å². The van der Waals surface area contributed by atoms with E-state index in [0.717, 1.165) is 5.56 Å². The molecule has 1 aliphatic heterocycles. The summed E-state index contributed by atoms with van der Waals surface area (Å²) < 4.78 is 32.4. The summed E-state index contributed by atoms with van der Waals surface area (Å²) in [6.07, 6.45) is 3.53. The van der Waals surface area contributed by atoms with Gasteiger partial charge >= 0.3 is 5.97 Å². The van der Waals surface area contributed by atoms with Gasteiger partial charge in [0.05, 0.1) is 17.0 Å². The molecular weight excluding hydrogens is 396 g/mol. The summed E-state index contributed by atoms with van der Waals surface area (Å²) in [5.41, 5.74) is 2.64. The zero-order valence-electron chi connectivity index (χ0n) is 15.6. The van der Waals surface area contributed by atoms with Crippen LogP contribution in [0.25, 0.3) is 5.65 Å². The van der Waals surface area contributed by atoms with E-state index in [0.29, 0.717) is 29.9 Å². The first-order valence-corrected chi connectivity index (χ1v) is 10.6. The van der Waals surface area contributed by atoms with Crippen LogP contribution in [0.4, 0.5) is 5.69 Å². The number of carbonyl (C=O) groups excluding carboxylic acids is 2. The number of sulfonamides is 1. The summed E-state index contributed by atoms with van der Waals surface area (Å²) in [5, 5.41) is 7.59. The molecule has 150 valence electrons. The Morgan fingerprint density at radius 1 is 1.17 bits per heavy atom. The molecule has 1 aliphatic rings. The van der Waals surface area contributed by atoms with E-state index in [-0.39, 0.29) is 17.1 Å². The van der Waals surface area contributed by atoms with Crippen molar-refractivity contribution in [3.63, 3.8) is 0 Å². The molecule has 0 unspecified atom stereocenters. The molecule has 0 bridgehead atoms. The Labute approximate surface area is 167 Å². The molecule has 0 N–H and O–H groups in total. The summed E-state index contributed by atoms with van der Waals surface area (Å²) in [4.78, 5) is 24.7. The smallest absolute Gasteiger partial charge is 0.340 e. The van der Waals surface area contributed by atoms with E-state index in [9.17, 15) is 18.0 Å². The van der Waals surface area contributed by atoms with Crippen LogP contribution in [0.1, 0.15) is 33.2 Å². The molecule has 9 nitrogen and oxygen atoms in total. The number of hydrogen-bond acceptors (Lipinski definition) is 7. The predicted octanol–water partition coefficient (Wildman–Crippen LogP) is 1.48. The largest absolute Gasteiger partial charge is 0.454 e. The van der Waals surface area contributed by atoms with E-state index < -0.39 is 22.6 Å². The van der Waals surface area contributed by atoms with E-state index in [1.54, 1.807) is 41.7 Å². The fourth-order valence-corrected chi connectivity index (χ4v) is 4.39. The van der Waals surface area contributed by atoms with Crippen molar-refractivity contribution in [2.24, 2.45) is 0 Å². The van der Waals surface area contributed by atoms with Gasteiger partial charge in [0.15, 0.2) is 18.0 Å². The molecule has 3 heterocycles. The van der Waals surface area contributed by atoms with E-state index in [1.165, 1.54) is 16.8 Å². The molecule has 0 spiro atoms. The molecule has 0 amide bonds. The molecular formula is C19H18N4O5S. The first-order chi connectivity index (χ1) is 13.9. The Hall–Kier alpha value is -3.27. The zero-order valence-corrected chi connectivity index (χ0v) is 16.4. The maximum Gasteiger partial charge on any atom is 0.340 e. The van der Waals surface area contributed by atoms with Crippen LogP contribution in [0, 0.1) is 0 Å². The van der Waals surface area contributed by atoms with Gasteiger partial charge in [-0.15, -0.1) is 10.2 Å². The second-order valence-corrected chi connectivity index (χ2v) is 8.76. The number of ether oxygens (including phenoxy) is 1. The molecule has 0 fully saturated rings. The van der Waals surface area contributed by atoms with Gasteiger partial charge in [0, 0.05) is 18.3 Å². The van der Waals surface area contributed by atoms with Crippen molar-refractivity contribution in [3.8, 4) is 0 Å². The van der Waals surface area contributed by atoms with Crippen LogP contribution < -0.4 is 4.31 Å². The number of Topliss-reactive ketones (excluding diaryl/α,β-unsaturated/α-hetero) is 1. The van der Waals surface area contributed by atoms with Gasteiger partial charge in [-0.25, -0.2) is 13.2 Å². The molecule has 0 saturated carbocycles. The van der Waals surface area contributed by atoms with Crippen LogP contribution in [0.3, 0.4) is 0 Å². The highest BCUT2D eigenvalue weighted by Crippen LogP contribution is 2.31. The minimum Gasteiger partial charge on any atom is -0.454 e. The Bertz CT molecular complexity index is 1220. The topological polar surface area (TPSA) is 111 Å². The summed E-state index contributed by atoms with van der Waals surface area (Å²) in [6, 6.07) is 8.03. The van der Waals surface area contributed by atoms with Crippen LogP contribution in [-0.2, 0) is 21.2 Å². The van der Waals surface area contributed by atoms with Crippen molar-refractivity contribution in [2.75, 3.05) is 23.2 Å². The zero-order chi connectivity index (χ0) is 20.6. The SMILES string of the molecule is CCS(=O)(=O)N1CCc2cc(C(=O)COC(=O)c3ccc4nncn4c3)ccc21. The number of hydrogen-bond donors (Lipinski definition) is 0. The Morgan fingerprint density at radius 3 is 2.76 bits per heavy atom. The average molecular weight is 414 g/mol. The molecule has 29 heavy (non-hydrogen) atoms. The van der Waals surface area contributed by atoms with Crippen LogP contribution in [0.15, 0.2) is 42.9 Å². The fraction of sp³-hybridized carbons (Fsp3) is 0.263. The number of rotatable bonds is 6. The number of aromatic nitrogens is 3. The number of nitrogens with zero attached hydrogens (tertiary/aromatic N) is 4. The highest BCUT2D eigenvalue weighted by atomic mass is 32.2. The number of anilines is 1. The third kappa shape index (κ3) is 3.58. The van der Waals surface area contributed by atoms with Crippen LogP contribution in [0.2, 0.25) is 0 Å². The van der Waals surface area contributed by atoms with Gasteiger partial charge in [0.1, 0.15) is 6.33 Å². The minimum atomic E-state index is -3.34. The first-order valence-electron chi connectivity index (χ1n) is 9.02. The molecule has 3 aromatic rings. The lowest BCUT2D eigenvalue weighted by molar-refractivity contribution is 0.0474. The normalized spacial score (nSPS) is 13.5. The van der Waals surface area contributed by atoms with Crippen molar-refractivity contribution in [1.29, 1.82) is 0 Å². The maximum absolute atomic E-state index is 12.5.